The zero-order valence-electron chi connectivity index (χ0n) is 38.1. The highest BCUT2D eigenvalue weighted by molar-refractivity contribution is 7.99. The SMILES string of the molecule is CC(=O)NCSC[C@H](NC(=O)OC(C)(C)C)C(=O)N[C@@H](COC(C)(C)C)C(=O)N[C@@H](CC(N)=O)C(=O)N[C@@H](CC(C)C)C(=O)N[C@@H](COC(C)(C)C)C(=O)N[C@H](C(=O)O)[C@@H](C)O. The number of carboxylic acid groups (broad SMARTS) is 1. The van der Waals surface area contributed by atoms with Crippen molar-refractivity contribution in [2.24, 2.45) is 11.7 Å². The maximum atomic E-state index is 13.9. The van der Waals surface area contributed by atoms with Crippen molar-refractivity contribution in [1.82, 2.24) is 37.2 Å². The number of hydrogen-bond donors (Lipinski definition) is 10. The summed E-state index contributed by atoms with van der Waals surface area (Å²) < 4.78 is 16.8. The number of nitrogens with one attached hydrogen (secondary N) is 7. The summed E-state index contributed by atoms with van der Waals surface area (Å²) in [5.41, 5.74) is 2.88. The van der Waals surface area contributed by atoms with Crippen molar-refractivity contribution in [3.63, 3.8) is 0 Å². The third kappa shape index (κ3) is 25.9. The minimum atomic E-state index is -1.73. The number of aliphatic hydroxyl groups is 1. The predicted octanol–water partition coefficient (Wildman–Crippen LogP) is -0.852. The Balaban J connectivity index is 6.64. The molecular weight excluding hydrogens is 837 g/mol. The molecule has 0 radical (unpaired) electrons. The van der Waals surface area contributed by atoms with Crippen LogP contribution in [0.2, 0.25) is 0 Å². The number of hydrogen-bond acceptors (Lipinski definition) is 14. The topological polar surface area (TPSA) is 332 Å². The number of nitrogens with two attached hydrogens (primary N) is 1. The summed E-state index contributed by atoms with van der Waals surface area (Å²) in [5.74, 6) is -8.02. The van der Waals surface area contributed by atoms with E-state index in [0.29, 0.717) is 0 Å². The zero-order valence-corrected chi connectivity index (χ0v) is 39.0. The number of aliphatic carboxylic acids is 1. The van der Waals surface area contributed by atoms with Crippen molar-refractivity contribution in [2.45, 2.75) is 162 Å². The van der Waals surface area contributed by atoms with Gasteiger partial charge in [0.1, 0.15) is 35.8 Å². The Morgan fingerprint density at radius 1 is 0.613 bits per heavy atom. The monoisotopic (exact) mass is 906 g/mol. The van der Waals surface area contributed by atoms with Gasteiger partial charge in [-0.3, -0.25) is 33.6 Å². The molecule has 356 valence electrons. The van der Waals surface area contributed by atoms with E-state index in [2.05, 4.69) is 37.2 Å². The van der Waals surface area contributed by atoms with Gasteiger partial charge in [-0.25, -0.2) is 9.59 Å². The third-order valence-corrected chi connectivity index (χ3v) is 8.69. The molecule has 0 spiro atoms. The van der Waals surface area contributed by atoms with E-state index in [1.54, 1.807) is 76.2 Å². The summed E-state index contributed by atoms with van der Waals surface area (Å²) in [6.45, 7) is 19.9. The summed E-state index contributed by atoms with van der Waals surface area (Å²) in [5, 5.41) is 36.5. The maximum Gasteiger partial charge on any atom is 0.408 e. The lowest BCUT2D eigenvalue weighted by Crippen LogP contribution is -2.61. The number of primary amides is 1. The van der Waals surface area contributed by atoms with E-state index in [4.69, 9.17) is 19.9 Å². The minimum Gasteiger partial charge on any atom is -0.480 e. The molecule has 22 nitrogen and oxygen atoms in total. The number of thioether (sulfide) groups is 1. The van der Waals surface area contributed by atoms with Crippen molar-refractivity contribution >= 4 is 65.2 Å². The smallest absolute Gasteiger partial charge is 0.408 e. The summed E-state index contributed by atoms with van der Waals surface area (Å²) in [4.78, 5) is 117. The Morgan fingerprint density at radius 2 is 1.03 bits per heavy atom. The highest BCUT2D eigenvalue weighted by atomic mass is 32.2. The first-order valence-electron chi connectivity index (χ1n) is 20.0. The van der Waals surface area contributed by atoms with E-state index in [1.807, 2.05) is 0 Å². The van der Waals surface area contributed by atoms with Gasteiger partial charge >= 0.3 is 12.1 Å². The summed E-state index contributed by atoms with van der Waals surface area (Å²) >= 11 is 1.08. The first-order chi connectivity index (χ1) is 28.2. The molecule has 0 aliphatic carbocycles. The van der Waals surface area contributed by atoms with E-state index in [-0.39, 0.29) is 29.9 Å². The Labute approximate surface area is 367 Å². The molecule has 7 atom stereocenters. The van der Waals surface area contributed by atoms with E-state index in [1.165, 1.54) is 6.92 Å². The van der Waals surface area contributed by atoms with Crippen molar-refractivity contribution in [1.29, 1.82) is 0 Å². The van der Waals surface area contributed by atoms with Gasteiger partial charge in [0, 0.05) is 12.7 Å². The van der Waals surface area contributed by atoms with Crippen LogP contribution in [-0.2, 0) is 52.6 Å². The third-order valence-electron chi connectivity index (χ3n) is 7.77. The molecule has 0 bridgehead atoms. The van der Waals surface area contributed by atoms with Crippen LogP contribution in [0.3, 0.4) is 0 Å². The summed E-state index contributed by atoms with van der Waals surface area (Å²) in [6.07, 6.45) is -3.25. The average molecular weight is 907 g/mol. The molecule has 0 unspecified atom stereocenters. The number of carbonyl (C=O) groups is 9. The van der Waals surface area contributed by atoms with Gasteiger partial charge in [0.05, 0.1) is 42.8 Å². The van der Waals surface area contributed by atoms with Gasteiger partial charge in [-0.05, 0) is 81.6 Å². The van der Waals surface area contributed by atoms with Crippen LogP contribution in [0.15, 0.2) is 0 Å². The molecule has 23 heteroatoms. The molecule has 0 aromatic rings. The Kier molecular flexibility index (Phi) is 24.0. The number of carboxylic acids is 1. The van der Waals surface area contributed by atoms with Crippen LogP contribution >= 0.6 is 11.8 Å². The van der Waals surface area contributed by atoms with E-state index in [0.717, 1.165) is 18.7 Å². The summed E-state index contributed by atoms with van der Waals surface area (Å²) in [6, 6.07) is -9.21. The van der Waals surface area contributed by atoms with Gasteiger partial charge in [-0.15, -0.1) is 11.8 Å². The number of amides is 8. The maximum absolute atomic E-state index is 13.9. The number of carbonyl (C=O) groups excluding carboxylic acids is 8. The van der Waals surface area contributed by atoms with Crippen molar-refractivity contribution in [3.05, 3.63) is 0 Å². The number of aliphatic hydroxyl groups excluding tert-OH is 1. The largest absolute Gasteiger partial charge is 0.480 e. The van der Waals surface area contributed by atoms with Crippen LogP contribution in [0, 0.1) is 5.92 Å². The van der Waals surface area contributed by atoms with Crippen LogP contribution in [0.4, 0.5) is 4.79 Å². The first-order valence-corrected chi connectivity index (χ1v) is 21.2. The van der Waals surface area contributed by atoms with E-state index in [9.17, 15) is 53.4 Å². The lowest BCUT2D eigenvalue weighted by molar-refractivity contribution is -0.146. The van der Waals surface area contributed by atoms with E-state index >= 15 is 0 Å². The lowest BCUT2D eigenvalue weighted by Gasteiger charge is -2.29. The van der Waals surface area contributed by atoms with Crippen molar-refractivity contribution < 1.29 is 67.6 Å². The summed E-state index contributed by atoms with van der Waals surface area (Å²) in [7, 11) is 0. The Hall–Kier alpha value is -4.74. The molecule has 0 aliphatic heterocycles. The standard InChI is InChI=1S/C39H70N8O14S/c1-20(2)14-23(30(51)44-26(17-60-38(8,9)10)33(54)47-29(21(3)48)35(56)57)42-31(52)24(15-28(40)50)43-32(53)25(16-59-37(5,6)7)45-34(55)27(18-62-19-41-22(4)49)46-36(58)61-39(11,12)13/h20-21,23-27,29,48H,14-19H2,1-13H3,(H2,40,50)(H,41,49)(H,42,52)(H,43,53)(H,44,51)(H,45,55)(H,46,58)(H,47,54)(H,56,57)/t21-,23+,24+,25+,26+,27+,29+/m1/s1. The molecular formula is C39H70N8O14S. The molecule has 11 N–H and O–H groups in total. The van der Waals surface area contributed by atoms with Crippen LogP contribution in [0.5, 0.6) is 0 Å². The molecule has 0 rings (SSSR count). The highest BCUT2D eigenvalue weighted by Crippen LogP contribution is 2.13. The van der Waals surface area contributed by atoms with Crippen molar-refractivity contribution in [2.75, 3.05) is 24.8 Å². The van der Waals surface area contributed by atoms with Crippen molar-refractivity contribution in [3.8, 4) is 0 Å². The quantitative estimate of drug-likeness (QED) is 0.0394. The second kappa shape index (κ2) is 26.0. The fourth-order valence-electron chi connectivity index (χ4n) is 4.84. The van der Waals surface area contributed by atoms with Gasteiger partial charge in [0.2, 0.25) is 41.4 Å². The fraction of sp³-hybridized carbons (Fsp3) is 0.769. The average Bonchev–Trinajstić information content (AvgIpc) is 3.08. The second-order valence-electron chi connectivity index (χ2n) is 17.9. The number of alkyl carbamates (subject to hydrolysis) is 1. The first kappa shape index (κ1) is 57.3. The number of rotatable bonds is 25. The Bertz CT molecular complexity index is 1560. The van der Waals surface area contributed by atoms with Gasteiger partial charge in [-0.2, -0.15) is 0 Å². The lowest BCUT2D eigenvalue weighted by atomic mass is 10.0. The minimum absolute atomic E-state index is 0.0290. The molecule has 0 fully saturated rings. The molecule has 0 heterocycles. The highest BCUT2D eigenvalue weighted by Gasteiger charge is 2.36. The van der Waals surface area contributed by atoms with Crippen LogP contribution in [0.1, 0.15) is 103 Å². The van der Waals surface area contributed by atoms with E-state index < -0.39 is 126 Å². The zero-order chi connectivity index (χ0) is 48.3. The predicted molar refractivity (Wildman–Crippen MR) is 228 cm³/mol. The second-order valence-corrected chi connectivity index (χ2v) is 18.9. The van der Waals surface area contributed by atoms with Gasteiger partial charge < -0.3 is 67.4 Å². The molecule has 62 heavy (non-hydrogen) atoms. The van der Waals surface area contributed by atoms with Gasteiger partial charge in [0.25, 0.3) is 0 Å². The normalized spacial score (nSPS) is 15.3. The molecule has 8 amide bonds. The molecule has 0 aromatic heterocycles. The van der Waals surface area contributed by atoms with Crippen LogP contribution in [0.25, 0.3) is 0 Å². The molecule has 0 aliphatic rings. The van der Waals surface area contributed by atoms with Gasteiger partial charge in [-0.1, -0.05) is 13.8 Å². The van der Waals surface area contributed by atoms with Crippen LogP contribution < -0.4 is 43.0 Å². The Morgan fingerprint density at radius 3 is 1.44 bits per heavy atom. The molecule has 0 saturated carbocycles. The molecule has 0 aromatic carbocycles. The fourth-order valence-corrected chi connectivity index (χ4v) is 5.73. The van der Waals surface area contributed by atoms with Gasteiger partial charge in [0.15, 0.2) is 6.04 Å². The van der Waals surface area contributed by atoms with Crippen LogP contribution in [-0.4, -0.2) is 148 Å². The molecule has 0 saturated heterocycles. The number of ether oxygens (including phenoxy) is 3.